The molecular formula is C17H28N2O. The van der Waals surface area contributed by atoms with Gasteiger partial charge in [0.05, 0.1) is 7.11 Å². The predicted molar refractivity (Wildman–Crippen MR) is 83.4 cm³/mol. The van der Waals surface area contributed by atoms with Crippen LogP contribution in [0.4, 0.5) is 0 Å². The quantitative estimate of drug-likeness (QED) is 0.895. The molecule has 1 atom stereocenters. The molecule has 3 nitrogen and oxygen atoms in total. The molecule has 1 fully saturated rings. The molecule has 1 aromatic rings. The van der Waals surface area contributed by atoms with E-state index in [9.17, 15) is 0 Å². The molecular weight excluding hydrogens is 248 g/mol. The van der Waals surface area contributed by atoms with Crippen LogP contribution in [0.1, 0.15) is 48.9 Å². The predicted octanol–water partition coefficient (Wildman–Crippen LogP) is 3.42. The van der Waals surface area contributed by atoms with Gasteiger partial charge < -0.3 is 10.1 Å². The molecule has 0 spiro atoms. The Morgan fingerprint density at radius 1 is 1.30 bits per heavy atom. The Kier molecular flexibility index (Phi) is 5.41. The smallest absolute Gasteiger partial charge is 0.128 e. The van der Waals surface area contributed by atoms with E-state index >= 15 is 0 Å². The molecule has 1 aliphatic rings. The fourth-order valence-electron chi connectivity index (χ4n) is 3.53. The highest BCUT2D eigenvalue weighted by Gasteiger charge is 2.24. The first kappa shape index (κ1) is 15.3. The molecule has 0 aliphatic heterocycles. The van der Waals surface area contributed by atoms with Crippen molar-refractivity contribution in [2.24, 2.45) is 5.92 Å². The highest BCUT2D eigenvalue weighted by Crippen LogP contribution is 2.30. The molecule has 0 bridgehead atoms. The van der Waals surface area contributed by atoms with Crippen LogP contribution in [0.25, 0.3) is 0 Å². The van der Waals surface area contributed by atoms with Crippen LogP contribution in [0, 0.1) is 19.8 Å². The first-order valence-corrected chi connectivity index (χ1v) is 7.83. The molecule has 3 heteroatoms. The third-order valence-electron chi connectivity index (χ3n) is 4.75. The maximum Gasteiger partial charge on any atom is 0.128 e. The molecule has 1 saturated carbocycles. The summed E-state index contributed by atoms with van der Waals surface area (Å²) in [5.41, 5.74) is 3.49. The second kappa shape index (κ2) is 7.07. The zero-order valence-corrected chi connectivity index (χ0v) is 13.3. The lowest BCUT2D eigenvalue weighted by atomic mass is 9.82. The highest BCUT2D eigenvalue weighted by molar-refractivity contribution is 5.41. The molecule has 0 amide bonds. The van der Waals surface area contributed by atoms with Crippen molar-refractivity contribution in [1.82, 2.24) is 10.3 Å². The van der Waals surface area contributed by atoms with Crippen molar-refractivity contribution in [3.8, 4) is 5.75 Å². The Hall–Kier alpha value is -1.09. The van der Waals surface area contributed by atoms with Crippen LogP contribution >= 0.6 is 0 Å². The monoisotopic (exact) mass is 276 g/mol. The van der Waals surface area contributed by atoms with Crippen LogP contribution in [-0.4, -0.2) is 25.2 Å². The van der Waals surface area contributed by atoms with Crippen molar-refractivity contribution in [3.05, 3.63) is 23.0 Å². The van der Waals surface area contributed by atoms with E-state index in [4.69, 9.17) is 4.74 Å². The van der Waals surface area contributed by atoms with E-state index < -0.39 is 0 Å². The first-order chi connectivity index (χ1) is 9.67. The van der Waals surface area contributed by atoms with Crippen LogP contribution in [0.2, 0.25) is 0 Å². The number of nitrogens with zero attached hydrogens (tertiary/aromatic N) is 1. The van der Waals surface area contributed by atoms with Crippen molar-refractivity contribution < 1.29 is 4.74 Å². The normalized spacial score (nSPS) is 18.0. The molecule has 0 radical (unpaired) electrons. The minimum absolute atomic E-state index is 0.536. The average molecular weight is 276 g/mol. The van der Waals surface area contributed by atoms with Gasteiger partial charge in [-0.3, -0.25) is 4.98 Å². The Bertz CT molecular complexity index is 439. The van der Waals surface area contributed by atoms with Gasteiger partial charge in [0.2, 0.25) is 0 Å². The number of ether oxygens (including phenoxy) is 1. The third kappa shape index (κ3) is 3.32. The first-order valence-electron chi connectivity index (χ1n) is 7.83. The van der Waals surface area contributed by atoms with E-state index in [-0.39, 0.29) is 0 Å². The molecule has 1 N–H and O–H groups in total. The summed E-state index contributed by atoms with van der Waals surface area (Å²) in [5.74, 6) is 1.79. The fourth-order valence-corrected chi connectivity index (χ4v) is 3.53. The Labute approximate surface area is 123 Å². The van der Waals surface area contributed by atoms with Crippen molar-refractivity contribution in [1.29, 1.82) is 0 Å². The van der Waals surface area contributed by atoms with E-state index in [0.29, 0.717) is 6.04 Å². The molecule has 1 heterocycles. The Morgan fingerprint density at radius 3 is 2.60 bits per heavy atom. The zero-order valence-electron chi connectivity index (χ0n) is 13.3. The number of rotatable bonds is 5. The second-order valence-electron chi connectivity index (χ2n) is 6.04. The fraction of sp³-hybridized carbons (Fsp3) is 0.706. The number of nitrogens with one attached hydrogen (secondary N) is 1. The summed E-state index contributed by atoms with van der Waals surface area (Å²) in [5, 5.41) is 3.52. The molecule has 0 saturated heterocycles. The van der Waals surface area contributed by atoms with Crippen molar-refractivity contribution in [2.45, 2.75) is 58.4 Å². The SMILES string of the molecule is CNC(Cc1ncc(C)c(OC)c1C)C1CCCCC1. The topological polar surface area (TPSA) is 34.2 Å². The molecule has 2 rings (SSSR count). The van der Waals surface area contributed by atoms with Crippen molar-refractivity contribution in [3.63, 3.8) is 0 Å². The number of likely N-dealkylation sites (N-methyl/N-ethyl adjacent to an activating group) is 1. The lowest BCUT2D eigenvalue weighted by Gasteiger charge is -2.30. The summed E-state index contributed by atoms with van der Waals surface area (Å²) in [6.07, 6.45) is 9.82. The van der Waals surface area contributed by atoms with Gasteiger partial charge in [-0.2, -0.15) is 0 Å². The molecule has 1 aromatic heterocycles. The summed E-state index contributed by atoms with van der Waals surface area (Å²) in [6, 6.07) is 0.536. The highest BCUT2D eigenvalue weighted by atomic mass is 16.5. The number of aryl methyl sites for hydroxylation is 1. The van der Waals surface area contributed by atoms with Crippen LogP contribution in [0.15, 0.2) is 6.20 Å². The van der Waals surface area contributed by atoms with Gasteiger partial charge in [0.15, 0.2) is 0 Å². The molecule has 1 aliphatic carbocycles. The molecule has 0 aromatic carbocycles. The summed E-state index contributed by atoms with van der Waals surface area (Å²) in [4.78, 5) is 4.65. The van der Waals surface area contributed by atoms with Crippen LogP contribution < -0.4 is 10.1 Å². The average Bonchev–Trinajstić information content (AvgIpc) is 2.48. The second-order valence-corrected chi connectivity index (χ2v) is 6.04. The maximum atomic E-state index is 5.52. The van der Waals surface area contributed by atoms with Crippen LogP contribution in [-0.2, 0) is 6.42 Å². The molecule has 112 valence electrons. The number of hydrogen-bond donors (Lipinski definition) is 1. The lowest BCUT2D eigenvalue weighted by molar-refractivity contribution is 0.275. The van der Waals surface area contributed by atoms with Gasteiger partial charge in [0, 0.05) is 35.5 Å². The summed E-state index contributed by atoms with van der Waals surface area (Å²) >= 11 is 0. The Morgan fingerprint density at radius 2 is 2.00 bits per heavy atom. The van der Waals surface area contributed by atoms with Gasteiger partial charge in [0.1, 0.15) is 5.75 Å². The number of hydrogen-bond acceptors (Lipinski definition) is 3. The minimum Gasteiger partial charge on any atom is -0.496 e. The van der Waals surface area contributed by atoms with Gasteiger partial charge >= 0.3 is 0 Å². The number of pyridine rings is 1. The Balaban J connectivity index is 2.14. The minimum atomic E-state index is 0.536. The lowest BCUT2D eigenvalue weighted by Crippen LogP contribution is -2.37. The van der Waals surface area contributed by atoms with Gasteiger partial charge in [-0.1, -0.05) is 19.3 Å². The summed E-state index contributed by atoms with van der Waals surface area (Å²) in [7, 11) is 3.83. The molecule has 20 heavy (non-hydrogen) atoms. The van der Waals surface area contributed by atoms with Gasteiger partial charge in [-0.05, 0) is 39.7 Å². The third-order valence-corrected chi connectivity index (χ3v) is 4.75. The largest absolute Gasteiger partial charge is 0.496 e. The van der Waals surface area contributed by atoms with E-state index in [1.807, 2.05) is 6.20 Å². The number of aromatic nitrogens is 1. The van der Waals surface area contributed by atoms with Gasteiger partial charge in [-0.15, -0.1) is 0 Å². The maximum absolute atomic E-state index is 5.52. The van der Waals surface area contributed by atoms with E-state index in [1.165, 1.54) is 43.4 Å². The summed E-state index contributed by atoms with van der Waals surface area (Å²) in [6.45, 7) is 4.18. The van der Waals surface area contributed by atoms with E-state index in [1.54, 1.807) is 7.11 Å². The van der Waals surface area contributed by atoms with Gasteiger partial charge in [0.25, 0.3) is 0 Å². The van der Waals surface area contributed by atoms with Crippen molar-refractivity contribution >= 4 is 0 Å². The van der Waals surface area contributed by atoms with Crippen LogP contribution in [0.5, 0.6) is 5.75 Å². The van der Waals surface area contributed by atoms with E-state index in [0.717, 1.165) is 23.7 Å². The standard InChI is InChI=1S/C17H28N2O/c1-12-11-19-15(13(2)17(12)20-4)10-16(18-3)14-8-6-5-7-9-14/h11,14,16,18H,5-10H2,1-4H3. The number of methoxy groups -OCH3 is 1. The summed E-state index contributed by atoms with van der Waals surface area (Å²) < 4.78 is 5.52. The van der Waals surface area contributed by atoms with Crippen molar-refractivity contribution in [2.75, 3.05) is 14.2 Å². The van der Waals surface area contributed by atoms with Crippen LogP contribution in [0.3, 0.4) is 0 Å². The van der Waals surface area contributed by atoms with Gasteiger partial charge in [-0.25, -0.2) is 0 Å². The van der Waals surface area contributed by atoms with E-state index in [2.05, 4.69) is 31.2 Å². The zero-order chi connectivity index (χ0) is 14.5. The molecule has 1 unspecified atom stereocenters.